The zero-order chi connectivity index (χ0) is 22.4. The number of nitrogens with one attached hydrogen (secondary N) is 2. The van der Waals surface area contributed by atoms with E-state index in [1.54, 1.807) is 0 Å². The maximum absolute atomic E-state index is 13.2. The molecular formula is C28H30N2O3. The predicted octanol–water partition coefficient (Wildman–Crippen LogP) is 4.97. The van der Waals surface area contributed by atoms with Crippen LogP contribution in [0.2, 0.25) is 0 Å². The van der Waals surface area contributed by atoms with Gasteiger partial charge in [0.1, 0.15) is 17.4 Å². The van der Waals surface area contributed by atoms with Gasteiger partial charge in [-0.25, -0.2) is 0 Å². The molecule has 0 radical (unpaired) electrons. The van der Waals surface area contributed by atoms with E-state index >= 15 is 0 Å². The van der Waals surface area contributed by atoms with Crippen LogP contribution < -0.4 is 10.6 Å². The molecule has 5 nitrogen and oxygen atoms in total. The summed E-state index contributed by atoms with van der Waals surface area (Å²) in [5.41, 5.74) is 1.49. The first-order chi connectivity index (χ1) is 16.1. The van der Waals surface area contributed by atoms with Crippen molar-refractivity contribution >= 4 is 22.8 Å². The van der Waals surface area contributed by atoms with Crippen molar-refractivity contribution in [1.82, 2.24) is 10.6 Å². The summed E-state index contributed by atoms with van der Waals surface area (Å²) in [6.45, 7) is -0.00978. The molecular weight excluding hydrogens is 412 g/mol. The van der Waals surface area contributed by atoms with Gasteiger partial charge in [0.2, 0.25) is 11.8 Å². The number of furan rings is 1. The third kappa shape index (κ3) is 3.84. The van der Waals surface area contributed by atoms with E-state index < -0.39 is 6.04 Å². The highest BCUT2D eigenvalue weighted by Crippen LogP contribution is 2.60. The minimum absolute atomic E-state index is 0.00978. The van der Waals surface area contributed by atoms with E-state index in [1.165, 1.54) is 19.3 Å². The van der Waals surface area contributed by atoms with Crippen LogP contribution in [0.1, 0.15) is 55.9 Å². The van der Waals surface area contributed by atoms with E-state index in [4.69, 9.17) is 4.42 Å². The van der Waals surface area contributed by atoms with Crippen LogP contribution in [0.15, 0.2) is 65.1 Å². The molecule has 2 amide bonds. The molecule has 1 atom stereocenters. The number of benzene rings is 2. The maximum atomic E-state index is 13.2. The first kappa shape index (κ1) is 20.5. The Balaban J connectivity index is 1.16. The SMILES string of the molecule is O=C(CNC(=O)C12CC3CC(CC(C3)C1)C2)NC(c1ccccc1)c1cc2ccccc2o1. The number of rotatable bonds is 6. The number of fused-ring (bicyclic) bond motifs is 1. The van der Waals surface area contributed by atoms with Gasteiger partial charge in [0, 0.05) is 10.8 Å². The smallest absolute Gasteiger partial charge is 0.240 e. The lowest BCUT2D eigenvalue weighted by molar-refractivity contribution is -0.147. The summed E-state index contributed by atoms with van der Waals surface area (Å²) in [6.07, 6.45) is 6.88. The van der Waals surface area contributed by atoms with E-state index in [1.807, 2.05) is 60.7 Å². The molecule has 3 aromatic rings. The first-order valence-corrected chi connectivity index (χ1v) is 12.2. The highest BCUT2D eigenvalue weighted by molar-refractivity contribution is 5.88. The number of carbonyl (C=O) groups excluding carboxylic acids is 2. The van der Waals surface area contributed by atoms with Crippen LogP contribution in [-0.2, 0) is 9.59 Å². The zero-order valence-electron chi connectivity index (χ0n) is 18.8. The van der Waals surface area contributed by atoms with Gasteiger partial charge >= 0.3 is 0 Å². The average molecular weight is 443 g/mol. The zero-order valence-corrected chi connectivity index (χ0v) is 18.8. The molecule has 2 N–H and O–H groups in total. The lowest BCUT2D eigenvalue weighted by atomic mass is 9.49. The van der Waals surface area contributed by atoms with Crippen molar-refractivity contribution < 1.29 is 14.0 Å². The van der Waals surface area contributed by atoms with Crippen LogP contribution in [-0.4, -0.2) is 18.4 Å². The largest absolute Gasteiger partial charge is 0.459 e. The van der Waals surface area contributed by atoms with Gasteiger partial charge in [0.05, 0.1) is 6.54 Å². The Hall–Kier alpha value is -3.08. The fourth-order valence-electron chi connectivity index (χ4n) is 7.06. The third-order valence-electron chi connectivity index (χ3n) is 8.10. The van der Waals surface area contributed by atoms with Crippen molar-refractivity contribution in [3.63, 3.8) is 0 Å². The first-order valence-electron chi connectivity index (χ1n) is 12.2. The molecule has 0 saturated heterocycles. The number of hydrogen-bond donors (Lipinski definition) is 2. The summed E-state index contributed by atoms with van der Waals surface area (Å²) in [5, 5.41) is 7.08. The van der Waals surface area contributed by atoms with Crippen LogP contribution in [0.4, 0.5) is 0 Å². The second kappa shape index (κ2) is 8.05. The highest BCUT2D eigenvalue weighted by Gasteiger charge is 2.54. The van der Waals surface area contributed by atoms with Gasteiger partial charge in [-0.15, -0.1) is 0 Å². The maximum Gasteiger partial charge on any atom is 0.240 e. The topological polar surface area (TPSA) is 71.3 Å². The summed E-state index contributed by atoms with van der Waals surface area (Å²) in [5.74, 6) is 2.66. The van der Waals surface area contributed by atoms with E-state index in [2.05, 4.69) is 10.6 Å². The molecule has 0 aliphatic heterocycles. The van der Waals surface area contributed by atoms with Crippen LogP contribution in [0, 0.1) is 23.2 Å². The second-order valence-electron chi connectivity index (χ2n) is 10.5. The van der Waals surface area contributed by atoms with Gasteiger partial charge in [0.25, 0.3) is 0 Å². The summed E-state index contributed by atoms with van der Waals surface area (Å²) < 4.78 is 6.07. The molecule has 4 aliphatic rings. The molecule has 170 valence electrons. The molecule has 2 aromatic carbocycles. The highest BCUT2D eigenvalue weighted by atomic mass is 16.3. The van der Waals surface area contributed by atoms with Gasteiger partial charge in [-0.2, -0.15) is 0 Å². The quantitative estimate of drug-likeness (QED) is 0.566. The molecule has 1 aromatic heterocycles. The summed E-state index contributed by atoms with van der Waals surface area (Å²) in [4.78, 5) is 26.2. The summed E-state index contributed by atoms with van der Waals surface area (Å²) >= 11 is 0. The summed E-state index contributed by atoms with van der Waals surface area (Å²) in [6, 6.07) is 19.2. The molecule has 7 rings (SSSR count). The Morgan fingerprint density at radius 2 is 1.55 bits per heavy atom. The minimum Gasteiger partial charge on any atom is -0.459 e. The third-order valence-corrected chi connectivity index (χ3v) is 8.10. The fourth-order valence-corrected chi connectivity index (χ4v) is 7.06. The molecule has 0 spiro atoms. The Bertz CT molecular complexity index is 1110. The van der Waals surface area contributed by atoms with Crippen molar-refractivity contribution in [2.45, 2.75) is 44.6 Å². The molecule has 4 aliphatic carbocycles. The number of hydrogen-bond acceptors (Lipinski definition) is 3. The van der Waals surface area contributed by atoms with Crippen LogP contribution in [0.25, 0.3) is 11.0 Å². The molecule has 4 fully saturated rings. The minimum atomic E-state index is -0.414. The molecule has 1 heterocycles. The van der Waals surface area contributed by atoms with E-state index in [-0.39, 0.29) is 23.8 Å². The van der Waals surface area contributed by atoms with Crippen molar-refractivity contribution in [3.8, 4) is 0 Å². The van der Waals surface area contributed by atoms with E-state index in [0.29, 0.717) is 23.5 Å². The molecule has 33 heavy (non-hydrogen) atoms. The Morgan fingerprint density at radius 3 is 2.21 bits per heavy atom. The predicted molar refractivity (Wildman–Crippen MR) is 126 cm³/mol. The standard InChI is InChI=1S/C28H30N2O3/c31-25(17-29-27(32)28-14-18-10-19(15-28)12-20(11-18)16-28)30-26(21-6-2-1-3-7-21)24-13-22-8-4-5-9-23(22)33-24/h1-9,13,18-20,26H,10-12,14-17H2,(H,29,32)(H,30,31). The monoisotopic (exact) mass is 442 g/mol. The molecule has 1 unspecified atom stereocenters. The van der Waals surface area contributed by atoms with Crippen LogP contribution in [0.3, 0.4) is 0 Å². The van der Waals surface area contributed by atoms with Crippen molar-refractivity contribution in [3.05, 3.63) is 72.0 Å². The Kier molecular flexibility index (Phi) is 5.01. The van der Waals surface area contributed by atoms with E-state index in [0.717, 1.165) is 35.8 Å². The van der Waals surface area contributed by atoms with Gasteiger partial charge < -0.3 is 15.1 Å². The van der Waals surface area contributed by atoms with Crippen LogP contribution in [0.5, 0.6) is 0 Å². The lowest BCUT2D eigenvalue weighted by Gasteiger charge is -2.55. The Labute approximate surface area is 193 Å². The molecule has 5 heteroatoms. The molecule has 4 saturated carbocycles. The fraction of sp³-hybridized carbons (Fsp3) is 0.429. The summed E-state index contributed by atoms with van der Waals surface area (Å²) in [7, 11) is 0. The second-order valence-corrected chi connectivity index (χ2v) is 10.5. The van der Waals surface area contributed by atoms with Gasteiger partial charge in [-0.1, -0.05) is 48.5 Å². The average Bonchev–Trinajstić information content (AvgIpc) is 3.24. The van der Waals surface area contributed by atoms with Gasteiger partial charge in [-0.05, 0) is 74.0 Å². The number of para-hydroxylation sites is 1. The van der Waals surface area contributed by atoms with Gasteiger partial charge in [-0.3, -0.25) is 9.59 Å². The number of amides is 2. The van der Waals surface area contributed by atoms with Crippen molar-refractivity contribution in [2.24, 2.45) is 23.2 Å². The van der Waals surface area contributed by atoms with Gasteiger partial charge in [0.15, 0.2) is 0 Å². The van der Waals surface area contributed by atoms with Crippen LogP contribution >= 0.6 is 0 Å². The van der Waals surface area contributed by atoms with Crippen molar-refractivity contribution in [1.29, 1.82) is 0 Å². The van der Waals surface area contributed by atoms with E-state index in [9.17, 15) is 9.59 Å². The number of carbonyl (C=O) groups is 2. The molecule has 4 bridgehead atoms. The van der Waals surface area contributed by atoms with Crippen molar-refractivity contribution in [2.75, 3.05) is 6.54 Å². The normalized spacial score (nSPS) is 28.5. The Morgan fingerprint density at radius 1 is 0.909 bits per heavy atom. The lowest BCUT2D eigenvalue weighted by Crippen LogP contribution is -2.54.